The minimum atomic E-state index is -0.339. The molecule has 0 aromatic rings. The number of rotatable bonds is 8. The smallest absolute Gasteiger partial charge is 0.246 e. The fourth-order valence-corrected chi connectivity index (χ4v) is 3.16. The fraction of sp³-hybridized carbons (Fsp3) is 0.882. The van der Waals surface area contributed by atoms with Gasteiger partial charge in [-0.3, -0.25) is 9.59 Å². The summed E-state index contributed by atoms with van der Waals surface area (Å²) in [7, 11) is 0. The van der Waals surface area contributed by atoms with Crippen LogP contribution < -0.4 is 5.32 Å². The molecule has 0 bridgehead atoms. The molecule has 1 aliphatic heterocycles. The molecule has 3 unspecified atom stereocenters. The molecule has 122 valence electrons. The number of nitrogens with zero attached hydrogens (tertiary/aromatic N) is 1. The Hall–Kier alpha value is -1.06. The van der Waals surface area contributed by atoms with Gasteiger partial charge in [0.25, 0.3) is 0 Å². The minimum Gasteiger partial charge on any atom is -0.342 e. The van der Waals surface area contributed by atoms with Crippen molar-refractivity contribution in [3.63, 3.8) is 0 Å². The second kappa shape index (κ2) is 8.40. The van der Waals surface area contributed by atoms with Gasteiger partial charge in [-0.25, -0.2) is 0 Å². The predicted octanol–water partition coefficient (Wildman–Crippen LogP) is 3.11. The summed E-state index contributed by atoms with van der Waals surface area (Å²) in [5.41, 5.74) is 0. The summed E-state index contributed by atoms with van der Waals surface area (Å²) in [4.78, 5) is 26.9. The highest BCUT2D eigenvalue weighted by Gasteiger charge is 2.41. The molecule has 0 aromatic carbocycles. The topological polar surface area (TPSA) is 49.4 Å². The summed E-state index contributed by atoms with van der Waals surface area (Å²) >= 11 is 0. The standard InChI is InChI=1S/C17H32N2O2/c1-6-8-9-10-13(5)19-15(7-2)16(20)18-14(17(19)21)11-12(3)4/h12-15H,6-11H2,1-5H3,(H,18,20). The molecule has 1 rings (SSSR count). The zero-order chi connectivity index (χ0) is 16.0. The molecule has 1 fully saturated rings. The van der Waals surface area contributed by atoms with Gasteiger partial charge in [0.15, 0.2) is 0 Å². The van der Waals surface area contributed by atoms with Crippen LogP contribution in [0.5, 0.6) is 0 Å². The van der Waals surface area contributed by atoms with Crippen LogP contribution in [0.2, 0.25) is 0 Å². The summed E-state index contributed by atoms with van der Waals surface area (Å²) in [6.07, 6.45) is 5.87. The van der Waals surface area contributed by atoms with Crippen LogP contribution in [0, 0.1) is 5.92 Å². The summed E-state index contributed by atoms with van der Waals surface area (Å²) in [5.74, 6) is 0.527. The number of hydrogen-bond donors (Lipinski definition) is 1. The maximum absolute atomic E-state index is 12.8. The van der Waals surface area contributed by atoms with E-state index < -0.39 is 0 Å². The van der Waals surface area contributed by atoms with Crippen molar-refractivity contribution in [1.82, 2.24) is 10.2 Å². The SMILES string of the molecule is CCCCCC(C)N1C(=O)C(CC(C)C)NC(=O)C1CC. The molecule has 3 atom stereocenters. The third kappa shape index (κ3) is 4.72. The van der Waals surface area contributed by atoms with Crippen molar-refractivity contribution in [1.29, 1.82) is 0 Å². The highest BCUT2D eigenvalue weighted by atomic mass is 16.2. The average Bonchev–Trinajstić information content (AvgIpc) is 2.41. The number of amides is 2. The number of piperazine rings is 1. The molecule has 1 N–H and O–H groups in total. The molecule has 0 aromatic heterocycles. The summed E-state index contributed by atoms with van der Waals surface area (Å²) < 4.78 is 0. The third-order valence-electron chi connectivity index (χ3n) is 4.30. The largest absolute Gasteiger partial charge is 0.342 e. The molecule has 1 saturated heterocycles. The molecular weight excluding hydrogens is 264 g/mol. The number of carbonyl (C=O) groups excluding carboxylic acids is 2. The van der Waals surface area contributed by atoms with Gasteiger partial charge in [0.2, 0.25) is 11.8 Å². The van der Waals surface area contributed by atoms with Crippen molar-refractivity contribution in [2.75, 3.05) is 0 Å². The lowest BCUT2D eigenvalue weighted by Gasteiger charge is -2.42. The van der Waals surface area contributed by atoms with Gasteiger partial charge < -0.3 is 10.2 Å². The second-order valence-electron chi connectivity index (χ2n) is 6.71. The molecule has 1 aliphatic rings. The van der Waals surface area contributed by atoms with Crippen molar-refractivity contribution < 1.29 is 9.59 Å². The summed E-state index contributed by atoms with van der Waals surface area (Å²) in [6.45, 7) is 10.4. The van der Waals surface area contributed by atoms with Gasteiger partial charge >= 0.3 is 0 Å². The Morgan fingerprint density at radius 1 is 1.14 bits per heavy atom. The van der Waals surface area contributed by atoms with Crippen LogP contribution in [-0.4, -0.2) is 34.8 Å². The Morgan fingerprint density at radius 3 is 2.33 bits per heavy atom. The van der Waals surface area contributed by atoms with Gasteiger partial charge in [0.1, 0.15) is 12.1 Å². The minimum absolute atomic E-state index is 0.0186. The van der Waals surface area contributed by atoms with Crippen molar-refractivity contribution in [2.24, 2.45) is 5.92 Å². The number of carbonyl (C=O) groups is 2. The van der Waals surface area contributed by atoms with E-state index in [1.165, 1.54) is 12.8 Å². The van der Waals surface area contributed by atoms with Crippen LogP contribution in [0.1, 0.15) is 73.1 Å². The quantitative estimate of drug-likeness (QED) is 0.700. The zero-order valence-corrected chi connectivity index (χ0v) is 14.3. The van der Waals surface area contributed by atoms with E-state index in [4.69, 9.17) is 0 Å². The van der Waals surface area contributed by atoms with E-state index >= 15 is 0 Å². The van der Waals surface area contributed by atoms with Crippen LogP contribution in [0.3, 0.4) is 0 Å². The Kier molecular flexibility index (Phi) is 7.20. The number of hydrogen-bond acceptors (Lipinski definition) is 2. The van der Waals surface area contributed by atoms with Crippen LogP contribution in [-0.2, 0) is 9.59 Å². The van der Waals surface area contributed by atoms with Crippen molar-refractivity contribution in [3.8, 4) is 0 Å². The van der Waals surface area contributed by atoms with E-state index in [1.54, 1.807) is 0 Å². The van der Waals surface area contributed by atoms with Crippen LogP contribution in [0.4, 0.5) is 0 Å². The van der Waals surface area contributed by atoms with Gasteiger partial charge in [-0.15, -0.1) is 0 Å². The molecule has 0 radical (unpaired) electrons. The van der Waals surface area contributed by atoms with Crippen LogP contribution in [0.15, 0.2) is 0 Å². The Labute approximate surface area is 129 Å². The first-order chi connectivity index (χ1) is 9.92. The number of nitrogens with one attached hydrogen (secondary N) is 1. The van der Waals surface area contributed by atoms with Gasteiger partial charge in [0, 0.05) is 6.04 Å². The van der Waals surface area contributed by atoms with E-state index in [0.717, 1.165) is 19.3 Å². The molecule has 0 spiro atoms. The second-order valence-corrected chi connectivity index (χ2v) is 6.71. The summed E-state index contributed by atoms with van der Waals surface area (Å²) in [5, 5.41) is 2.92. The first-order valence-corrected chi connectivity index (χ1v) is 8.54. The highest BCUT2D eigenvalue weighted by molar-refractivity contribution is 5.97. The van der Waals surface area contributed by atoms with E-state index in [1.807, 2.05) is 11.8 Å². The van der Waals surface area contributed by atoms with Crippen LogP contribution in [0.25, 0.3) is 0 Å². The predicted molar refractivity (Wildman–Crippen MR) is 85.9 cm³/mol. The lowest BCUT2D eigenvalue weighted by molar-refractivity contribution is -0.152. The lowest BCUT2D eigenvalue weighted by atomic mass is 9.95. The monoisotopic (exact) mass is 296 g/mol. The molecule has 4 nitrogen and oxygen atoms in total. The fourth-order valence-electron chi connectivity index (χ4n) is 3.16. The van der Waals surface area contributed by atoms with E-state index in [0.29, 0.717) is 12.3 Å². The first-order valence-electron chi connectivity index (χ1n) is 8.54. The van der Waals surface area contributed by atoms with Gasteiger partial charge in [-0.05, 0) is 32.1 Å². The van der Waals surface area contributed by atoms with Crippen LogP contribution >= 0.6 is 0 Å². The normalized spacial score (nSPS) is 24.4. The Morgan fingerprint density at radius 2 is 1.81 bits per heavy atom. The van der Waals surface area contributed by atoms with Crippen molar-refractivity contribution >= 4 is 11.8 Å². The lowest BCUT2D eigenvalue weighted by Crippen LogP contribution is -2.65. The van der Waals surface area contributed by atoms with Gasteiger partial charge in [0.05, 0.1) is 0 Å². The molecular formula is C17H32N2O2. The third-order valence-corrected chi connectivity index (χ3v) is 4.30. The molecule has 2 amide bonds. The summed E-state index contributed by atoms with van der Waals surface area (Å²) in [6, 6.07) is -0.485. The van der Waals surface area contributed by atoms with E-state index in [9.17, 15) is 9.59 Å². The highest BCUT2D eigenvalue weighted by Crippen LogP contribution is 2.22. The van der Waals surface area contributed by atoms with E-state index in [-0.39, 0.29) is 29.9 Å². The Balaban J connectivity index is 2.82. The van der Waals surface area contributed by atoms with Gasteiger partial charge in [-0.1, -0.05) is 47.0 Å². The first kappa shape index (κ1) is 18.0. The number of unbranched alkanes of at least 4 members (excludes halogenated alkanes) is 2. The zero-order valence-electron chi connectivity index (χ0n) is 14.3. The van der Waals surface area contributed by atoms with Crippen molar-refractivity contribution in [3.05, 3.63) is 0 Å². The molecule has 1 heterocycles. The molecule has 0 saturated carbocycles. The Bertz CT molecular complexity index is 355. The van der Waals surface area contributed by atoms with E-state index in [2.05, 4.69) is 33.0 Å². The maximum Gasteiger partial charge on any atom is 0.246 e. The molecule has 21 heavy (non-hydrogen) atoms. The van der Waals surface area contributed by atoms with Crippen molar-refractivity contribution in [2.45, 2.75) is 91.3 Å². The molecule has 0 aliphatic carbocycles. The maximum atomic E-state index is 12.8. The average molecular weight is 296 g/mol. The van der Waals surface area contributed by atoms with Gasteiger partial charge in [-0.2, -0.15) is 0 Å². The molecule has 4 heteroatoms.